The second-order valence-corrected chi connectivity index (χ2v) is 5.25. The van der Waals surface area contributed by atoms with Crippen LogP contribution in [0.25, 0.3) is 0 Å². The van der Waals surface area contributed by atoms with Gasteiger partial charge in [-0.1, -0.05) is 25.8 Å². The van der Waals surface area contributed by atoms with E-state index in [1.165, 1.54) is 25.7 Å². The minimum absolute atomic E-state index is 1.01. The van der Waals surface area contributed by atoms with Crippen molar-refractivity contribution in [2.45, 2.75) is 71.5 Å². The van der Waals surface area contributed by atoms with Crippen LogP contribution in [0.3, 0.4) is 0 Å². The molecule has 0 unspecified atom stereocenters. The summed E-state index contributed by atoms with van der Waals surface area (Å²) in [5.41, 5.74) is -2.01. The summed E-state index contributed by atoms with van der Waals surface area (Å²) in [6, 6.07) is 0. The molecule has 0 radical (unpaired) electrons. The van der Waals surface area contributed by atoms with Gasteiger partial charge in [-0.15, -0.1) is 6.58 Å². The summed E-state index contributed by atoms with van der Waals surface area (Å²) in [5.74, 6) is 0. The number of hydrogen-bond acceptors (Lipinski definition) is 5. The Morgan fingerprint density at radius 2 is 1.26 bits per heavy atom. The van der Waals surface area contributed by atoms with Crippen molar-refractivity contribution in [3.8, 4) is 0 Å². The fourth-order valence-electron chi connectivity index (χ4n) is 0.539. The highest BCUT2D eigenvalue weighted by Crippen LogP contribution is 2.19. The Bertz CT molecular complexity index is 179. The Labute approximate surface area is 117 Å². The van der Waals surface area contributed by atoms with Crippen molar-refractivity contribution in [3.63, 3.8) is 0 Å². The first kappa shape index (κ1) is 23.7. The average molecular weight is 278 g/mol. The Morgan fingerprint density at radius 3 is 1.42 bits per heavy atom. The zero-order valence-corrected chi connectivity index (χ0v) is 12.9. The van der Waals surface area contributed by atoms with Gasteiger partial charge in [-0.2, -0.15) is 0 Å². The van der Waals surface area contributed by atoms with Crippen LogP contribution >= 0.6 is 0 Å². The smallest absolute Gasteiger partial charge is 0.402 e. The van der Waals surface area contributed by atoms with Crippen LogP contribution in [0.5, 0.6) is 0 Å². The van der Waals surface area contributed by atoms with E-state index in [9.17, 15) is 0 Å². The predicted octanol–water partition coefficient (Wildman–Crippen LogP) is 1.23. The molecule has 0 aromatic rings. The molecule has 0 saturated carbocycles. The highest BCUT2D eigenvalue weighted by molar-refractivity contribution is 6.30. The van der Waals surface area contributed by atoms with Crippen molar-refractivity contribution in [3.05, 3.63) is 12.7 Å². The lowest BCUT2D eigenvalue weighted by atomic mass is 9.90. The highest BCUT2D eigenvalue weighted by Gasteiger charge is 2.31. The zero-order valence-electron chi connectivity index (χ0n) is 12.9. The first-order valence-corrected chi connectivity index (χ1v) is 6.50. The molecular weight excluding hydrogens is 247 g/mol. The molecule has 0 fully saturated rings. The third kappa shape index (κ3) is 27.0. The van der Waals surface area contributed by atoms with Gasteiger partial charge < -0.3 is 25.3 Å². The molecule has 0 saturated heterocycles. The molecule has 5 N–H and O–H groups in total. The van der Waals surface area contributed by atoms with E-state index in [0.717, 1.165) is 0 Å². The number of rotatable bonds is 5. The molecule has 0 rings (SSSR count). The fourth-order valence-corrected chi connectivity index (χ4v) is 0.539. The fraction of sp³-hybridized carbons (Fsp3) is 0.846. The van der Waals surface area contributed by atoms with Gasteiger partial charge in [0.2, 0.25) is 0 Å². The quantitative estimate of drug-likeness (QED) is 0.296. The summed E-state index contributed by atoms with van der Waals surface area (Å²) < 4.78 is 0. The van der Waals surface area contributed by atoms with E-state index in [1.54, 1.807) is 27.7 Å². The third-order valence-corrected chi connectivity index (χ3v) is 2.51. The van der Waals surface area contributed by atoms with E-state index in [4.69, 9.17) is 25.3 Å². The summed E-state index contributed by atoms with van der Waals surface area (Å²) in [7, 11) is -2.17. The number of allylic oxidation sites excluding steroid dienone is 1. The van der Waals surface area contributed by atoms with Crippen LogP contribution in [-0.2, 0) is 0 Å². The second-order valence-electron chi connectivity index (χ2n) is 5.25. The molecule has 0 bridgehead atoms. The molecule has 0 aromatic carbocycles. The monoisotopic (exact) mass is 278 g/mol. The van der Waals surface area contributed by atoms with Crippen LogP contribution in [0.4, 0.5) is 0 Å². The number of hydrogen-bond donors (Lipinski definition) is 5. The van der Waals surface area contributed by atoms with E-state index < -0.39 is 18.5 Å². The minimum Gasteiger partial charge on any atom is -0.402 e. The molecule has 116 valence electrons. The summed E-state index contributed by atoms with van der Waals surface area (Å²) in [5, 5.41) is 39.7. The van der Waals surface area contributed by atoms with Crippen molar-refractivity contribution in [1.29, 1.82) is 0 Å². The van der Waals surface area contributed by atoms with E-state index in [0.29, 0.717) is 0 Å². The van der Waals surface area contributed by atoms with Crippen molar-refractivity contribution >= 4 is 7.32 Å². The van der Waals surface area contributed by atoms with Gasteiger partial charge in [0.25, 0.3) is 0 Å². The van der Waals surface area contributed by atoms with Crippen LogP contribution in [0.1, 0.15) is 60.3 Å². The van der Waals surface area contributed by atoms with Crippen molar-refractivity contribution in [2.24, 2.45) is 0 Å². The van der Waals surface area contributed by atoms with Gasteiger partial charge in [-0.05, 0) is 40.5 Å². The molecule has 0 amide bonds. The van der Waals surface area contributed by atoms with Gasteiger partial charge in [0, 0.05) is 0 Å². The Hall–Kier alpha value is -0.395. The predicted molar refractivity (Wildman–Crippen MR) is 79.3 cm³/mol. The standard InChI is InChI=1S/C7H14.C6H14O2.BH3O3/c1-3-5-7-6-4-2;1-5(2,7)6(3,4)8;2-1(3)4/h3H,1,4-7H2,2H3;7-8H,1-4H3;2-4H. The van der Waals surface area contributed by atoms with Gasteiger partial charge in [-0.3, -0.25) is 0 Å². The molecule has 5 nitrogen and oxygen atoms in total. The summed E-state index contributed by atoms with van der Waals surface area (Å²) in [4.78, 5) is 0. The third-order valence-electron chi connectivity index (χ3n) is 2.51. The van der Waals surface area contributed by atoms with Gasteiger partial charge in [0.1, 0.15) is 0 Å². The largest absolute Gasteiger partial charge is 0.631 e. The van der Waals surface area contributed by atoms with Gasteiger partial charge in [0.05, 0.1) is 11.2 Å². The molecule has 19 heavy (non-hydrogen) atoms. The summed E-state index contributed by atoms with van der Waals surface area (Å²) in [6.45, 7) is 12.1. The summed E-state index contributed by atoms with van der Waals surface area (Å²) in [6.07, 6.45) is 7.16. The SMILES string of the molecule is C=CCCCCC.CC(C)(O)C(C)(C)O.OB(O)O. The van der Waals surface area contributed by atoms with E-state index in [1.807, 2.05) is 6.08 Å². The molecule has 0 aromatic heterocycles. The maximum absolute atomic E-state index is 9.10. The lowest BCUT2D eigenvalue weighted by molar-refractivity contribution is -0.107. The van der Waals surface area contributed by atoms with Crippen molar-refractivity contribution in [2.75, 3.05) is 0 Å². The van der Waals surface area contributed by atoms with Crippen LogP contribution in [0.15, 0.2) is 12.7 Å². The Morgan fingerprint density at radius 1 is 0.947 bits per heavy atom. The topological polar surface area (TPSA) is 101 Å². The van der Waals surface area contributed by atoms with Gasteiger partial charge in [-0.25, -0.2) is 0 Å². The van der Waals surface area contributed by atoms with Crippen LogP contribution in [-0.4, -0.2) is 43.8 Å². The molecule has 0 aliphatic heterocycles. The molecule has 0 spiro atoms. The lowest BCUT2D eigenvalue weighted by Crippen LogP contribution is -2.44. The van der Waals surface area contributed by atoms with E-state index in [-0.39, 0.29) is 0 Å². The van der Waals surface area contributed by atoms with E-state index in [2.05, 4.69) is 13.5 Å². The molecule has 0 atom stereocenters. The average Bonchev–Trinajstić information content (AvgIpc) is 2.15. The normalized spacial score (nSPS) is 10.6. The maximum atomic E-state index is 9.10. The Kier molecular flexibility index (Phi) is 15.7. The van der Waals surface area contributed by atoms with Gasteiger partial charge in [0.15, 0.2) is 0 Å². The first-order chi connectivity index (χ1) is 8.40. The van der Waals surface area contributed by atoms with Crippen LogP contribution < -0.4 is 0 Å². The molecule has 0 heterocycles. The van der Waals surface area contributed by atoms with Gasteiger partial charge >= 0.3 is 7.32 Å². The zero-order chi connectivity index (χ0) is 16.1. The maximum Gasteiger partial charge on any atom is 0.631 e. The van der Waals surface area contributed by atoms with Crippen molar-refractivity contribution < 1.29 is 25.3 Å². The molecule has 6 heteroatoms. The molecule has 0 aliphatic rings. The first-order valence-electron chi connectivity index (χ1n) is 6.50. The van der Waals surface area contributed by atoms with Crippen molar-refractivity contribution in [1.82, 2.24) is 0 Å². The highest BCUT2D eigenvalue weighted by atomic mass is 16.5. The Balaban J connectivity index is -0.000000214. The molecular formula is C13H31BO5. The van der Waals surface area contributed by atoms with Crippen LogP contribution in [0, 0.1) is 0 Å². The number of unbranched alkanes of at least 4 members (excludes halogenated alkanes) is 3. The molecule has 0 aliphatic carbocycles. The van der Waals surface area contributed by atoms with E-state index >= 15 is 0 Å². The number of aliphatic hydroxyl groups is 2. The summed E-state index contributed by atoms with van der Waals surface area (Å²) >= 11 is 0. The second kappa shape index (κ2) is 12.6. The van der Waals surface area contributed by atoms with Crippen LogP contribution in [0.2, 0.25) is 0 Å². The minimum atomic E-state index is -2.17. The lowest BCUT2D eigenvalue weighted by Gasteiger charge is -2.31.